The summed E-state index contributed by atoms with van der Waals surface area (Å²) < 4.78 is 1.53. The van der Waals surface area contributed by atoms with Crippen LogP contribution in [0.15, 0.2) is 53.7 Å². The van der Waals surface area contributed by atoms with Crippen LogP contribution >= 0.6 is 23.4 Å². The fourth-order valence-electron chi connectivity index (χ4n) is 2.12. The predicted octanol–water partition coefficient (Wildman–Crippen LogP) is 3.74. The number of carbonyl (C=O) groups excluding carboxylic acids is 1. The highest BCUT2D eigenvalue weighted by molar-refractivity contribution is 8.00. The summed E-state index contributed by atoms with van der Waals surface area (Å²) in [6, 6.07) is 14.9. The van der Waals surface area contributed by atoms with Gasteiger partial charge in [0.1, 0.15) is 0 Å². The van der Waals surface area contributed by atoms with Crippen LogP contribution in [0.4, 0.5) is 5.69 Å². The van der Waals surface area contributed by atoms with Crippen LogP contribution in [0.5, 0.6) is 0 Å². The molecule has 8 heteroatoms. The first-order chi connectivity index (χ1) is 12.0. The van der Waals surface area contributed by atoms with Crippen LogP contribution in [0.1, 0.15) is 12.5 Å². The Labute approximate surface area is 154 Å². The number of thioether (sulfide) groups is 1. The molecular formula is C17H16ClN5OS. The van der Waals surface area contributed by atoms with Crippen LogP contribution in [-0.2, 0) is 4.79 Å². The van der Waals surface area contributed by atoms with Gasteiger partial charge in [-0.2, -0.15) is 4.68 Å². The molecule has 128 valence electrons. The van der Waals surface area contributed by atoms with Gasteiger partial charge in [-0.05, 0) is 48.5 Å². The number of rotatable bonds is 5. The molecule has 0 spiro atoms. The third-order valence-electron chi connectivity index (χ3n) is 3.49. The van der Waals surface area contributed by atoms with Crippen molar-refractivity contribution >= 4 is 35.0 Å². The number of anilines is 1. The average molecular weight is 374 g/mol. The van der Waals surface area contributed by atoms with Gasteiger partial charge in [0, 0.05) is 5.69 Å². The SMILES string of the molecule is Cc1ccc(NC(=O)C(C)Sc2nnnn2-c2ccccc2Cl)cc1. The highest BCUT2D eigenvalue weighted by Crippen LogP contribution is 2.27. The number of halogens is 1. The summed E-state index contributed by atoms with van der Waals surface area (Å²) in [5.41, 5.74) is 2.57. The number of benzene rings is 2. The van der Waals surface area contributed by atoms with Crippen molar-refractivity contribution in [3.63, 3.8) is 0 Å². The first kappa shape index (κ1) is 17.4. The van der Waals surface area contributed by atoms with Gasteiger partial charge in [0.15, 0.2) is 0 Å². The minimum atomic E-state index is -0.381. The monoisotopic (exact) mass is 373 g/mol. The van der Waals surface area contributed by atoms with Crippen LogP contribution in [0.2, 0.25) is 5.02 Å². The Morgan fingerprint density at radius 3 is 2.64 bits per heavy atom. The fourth-order valence-corrected chi connectivity index (χ4v) is 3.14. The summed E-state index contributed by atoms with van der Waals surface area (Å²) in [7, 11) is 0. The Morgan fingerprint density at radius 2 is 1.92 bits per heavy atom. The first-order valence-electron chi connectivity index (χ1n) is 7.62. The van der Waals surface area contributed by atoms with Crippen molar-refractivity contribution in [3.05, 3.63) is 59.1 Å². The molecule has 0 aliphatic heterocycles. The lowest BCUT2D eigenvalue weighted by atomic mass is 10.2. The van der Waals surface area contributed by atoms with Crippen molar-refractivity contribution in [1.82, 2.24) is 20.2 Å². The summed E-state index contributed by atoms with van der Waals surface area (Å²) in [4.78, 5) is 12.4. The lowest BCUT2D eigenvalue weighted by molar-refractivity contribution is -0.115. The Balaban J connectivity index is 1.72. The predicted molar refractivity (Wildman–Crippen MR) is 99.3 cm³/mol. The number of nitrogens with zero attached hydrogens (tertiary/aromatic N) is 4. The van der Waals surface area contributed by atoms with E-state index in [1.54, 1.807) is 13.0 Å². The number of carbonyl (C=O) groups is 1. The molecule has 0 aliphatic carbocycles. The van der Waals surface area contributed by atoms with E-state index < -0.39 is 0 Å². The fraction of sp³-hybridized carbons (Fsp3) is 0.176. The summed E-state index contributed by atoms with van der Waals surface area (Å²) in [5.74, 6) is -0.123. The Morgan fingerprint density at radius 1 is 1.20 bits per heavy atom. The molecule has 25 heavy (non-hydrogen) atoms. The molecule has 1 unspecified atom stereocenters. The number of tetrazole rings is 1. The number of aryl methyl sites for hydroxylation is 1. The molecule has 3 aromatic rings. The van der Waals surface area contributed by atoms with Gasteiger partial charge in [0.05, 0.1) is 16.0 Å². The maximum absolute atomic E-state index is 12.4. The van der Waals surface area contributed by atoms with E-state index in [4.69, 9.17) is 11.6 Å². The van der Waals surface area contributed by atoms with Crippen LogP contribution in [0, 0.1) is 6.92 Å². The maximum atomic E-state index is 12.4. The van der Waals surface area contributed by atoms with Crippen molar-refractivity contribution in [2.75, 3.05) is 5.32 Å². The van der Waals surface area contributed by atoms with E-state index in [9.17, 15) is 4.79 Å². The van der Waals surface area contributed by atoms with E-state index >= 15 is 0 Å². The zero-order valence-corrected chi connectivity index (χ0v) is 15.3. The van der Waals surface area contributed by atoms with Gasteiger partial charge >= 0.3 is 0 Å². The highest BCUT2D eigenvalue weighted by atomic mass is 35.5. The van der Waals surface area contributed by atoms with Crippen LogP contribution in [0.25, 0.3) is 5.69 Å². The molecule has 1 N–H and O–H groups in total. The van der Waals surface area contributed by atoms with Gasteiger partial charge in [-0.1, -0.05) is 53.2 Å². The molecule has 0 saturated carbocycles. The van der Waals surface area contributed by atoms with Crippen LogP contribution in [0.3, 0.4) is 0 Å². The number of para-hydroxylation sites is 1. The molecular weight excluding hydrogens is 358 g/mol. The molecule has 1 aromatic heterocycles. The normalized spacial score (nSPS) is 12.0. The topological polar surface area (TPSA) is 72.7 Å². The largest absolute Gasteiger partial charge is 0.325 e. The molecule has 1 heterocycles. The van der Waals surface area contributed by atoms with E-state index in [-0.39, 0.29) is 11.2 Å². The number of nitrogens with one attached hydrogen (secondary N) is 1. The zero-order chi connectivity index (χ0) is 17.8. The van der Waals surface area contributed by atoms with Crippen molar-refractivity contribution in [1.29, 1.82) is 0 Å². The summed E-state index contributed by atoms with van der Waals surface area (Å²) in [6.45, 7) is 3.80. The van der Waals surface area contributed by atoms with Crippen molar-refractivity contribution in [3.8, 4) is 5.69 Å². The number of aromatic nitrogens is 4. The maximum Gasteiger partial charge on any atom is 0.237 e. The molecule has 6 nitrogen and oxygen atoms in total. The lowest BCUT2D eigenvalue weighted by Crippen LogP contribution is -2.22. The third kappa shape index (κ3) is 4.18. The van der Waals surface area contributed by atoms with Crippen LogP contribution in [-0.4, -0.2) is 31.4 Å². The van der Waals surface area contributed by atoms with Crippen molar-refractivity contribution in [2.45, 2.75) is 24.3 Å². The van der Waals surface area contributed by atoms with Gasteiger partial charge < -0.3 is 5.32 Å². The molecule has 3 rings (SSSR count). The van der Waals surface area contributed by atoms with E-state index in [2.05, 4.69) is 20.8 Å². The van der Waals surface area contributed by atoms with Gasteiger partial charge in [-0.15, -0.1) is 5.10 Å². The second-order valence-electron chi connectivity index (χ2n) is 5.44. The van der Waals surface area contributed by atoms with Crippen molar-refractivity contribution < 1.29 is 4.79 Å². The quantitative estimate of drug-likeness (QED) is 0.689. The summed E-state index contributed by atoms with van der Waals surface area (Å²) >= 11 is 7.47. The van der Waals surface area contributed by atoms with Gasteiger partial charge in [-0.3, -0.25) is 4.79 Å². The van der Waals surface area contributed by atoms with Gasteiger partial charge in [0.25, 0.3) is 0 Å². The average Bonchev–Trinajstić information content (AvgIpc) is 3.05. The third-order valence-corrected chi connectivity index (χ3v) is 4.84. The molecule has 0 radical (unpaired) electrons. The van der Waals surface area contributed by atoms with E-state index in [0.717, 1.165) is 11.3 Å². The Hall–Kier alpha value is -2.38. The lowest BCUT2D eigenvalue weighted by Gasteiger charge is -2.12. The smallest absolute Gasteiger partial charge is 0.237 e. The molecule has 0 aliphatic rings. The number of amides is 1. The van der Waals surface area contributed by atoms with E-state index in [1.165, 1.54) is 16.4 Å². The molecule has 1 amide bonds. The second kappa shape index (κ2) is 7.67. The minimum absolute atomic E-state index is 0.123. The Kier molecular flexibility index (Phi) is 5.35. The molecule has 0 fully saturated rings. The van der Waals surface area contributed by atoms with Gasteiger partial charge in [-0.25, -0.2) is 0 Å². The molecule has 0 saturated heterocycles. The molecule has 1 atom stereocenters. The molecule has 0 bridgehead atoms. The minimum Gasteiger partial charge on any atom is -0.325 e. The standard InChI is InChI=1S/C17H16ClN5OS/c1-11-7-9-13(10-8-11)19-16(24)12(2)25-17-20-21-22-23(17)15-6-4-3-5-14(15)18/h3-10,12H,1-2H3,(H,19,24). The highest BCUT2D eigenvalue weighted by Gasteiger charge is 2.20. The first-order valence-corrected chi connectivity index (χ1v) is 8.88. The number of hydrogen-bond acceptors (Lipinski definition) is 5. The van der Waals surface area contributed by atoms with Gasteiger partial charge in [0.2, 0.25) is 11.1 Å². The molecule has 2 aromatic carbocycles. The Bertz CT molecular complexity index is 881. The zero-order valence-electron chi connectivity index (χ0n) is 13.7. The van der Waals surface area contributed by atoms with Crippen molar-refractivity contribution in [2.24, 2.45) is 0 Å². The summed E-state index contributed by atoms with van der Waals surface area (Å²) in [5, 5.41) is 15.2. The number of hydrogen-bond donors (Lipinski definition) is 1. The van der Waals surface area contributed by atoms with E-state index in [0.29, 0.717) is 15.9 Å². The van der Waals surface area contributed by atoms with Crippen LogP contribution < -0.4 is 5.32 Å². The van der Waals surface area contributed by atoms with E-state index in [1.807, 2.05) is 49.4 Å². The summed E-state index contributed by atoms with van der Waals surface area (Å²) in [6.07, 6.45) is 0. The second-order valence-corrected chi connectivity index (χ2v) is 7.16.